The SMILES string of the molecule is CCc1cccc2c3c(n(Cc4ccccc4)c12)C(CC)(CCO)OCC3. The first-order valence-electron chi connectivity index (χ1n) is 10.2. The Morgan fingerprint density at radius 3 is 2.59 bits per heavy atom. The van der Waals surface area contributed by atoms with E-state index in [0.29, 0.717) is 6.42 Å². The first-order valence-corrected chi connectivity index (χ1v) is 10.2. The topological polar surface area (TPSA) is 34.4 Å². The van der Waals surface area contributed by atoms with E-state index in [1.54, 1.807) is 0 Å². The van der Waals surface area contributed by atoms with Gasteiger partial charge in [-0.15, -0.1) is 0 Å². The molecule has 0 radical (unpaired) electrons. The van der Waals surface area contributed by atoms with Crippen LogP contribution in [-0.4, -0.2) is 22.9 Å². The summed E-state index contributed by atoms with van der Waals surface area (Å²) in [5, 5.41) is 11.2. The van der Waals surface area contributed by atoms with Crippen LogP contribution in [-0.2, 0) is 29.7 Å². The number of aliphatic hydroxyl groups is 1. The monoisotopic (exact) mass is 363 g/mol. The van der Waals surface area contributed by atoms with E-state index in [2.05, 4.69) is 66.9 Å². The van der Waals surface area contributed by atoms with Crippen LogP contribution in [0.5, 0.6) is 0 Å². The third-order valence-corrected chi connectivity index (χ3v) is 6.08. The lowest BCUT2D eigenvalue weighted by molar-refractivity contribution is -0.0819. The van der Waals surface area contributed by atoms with Crippen LogP contribution in [0.4, 0.5) is 0 Å². The molecule has 142 valence electrons. The minimum atomic E-state index is -0.402. The highest BCUT2D eigenvalue weighted by Gasteiger charge is 2.40. The molecule has 1 aliphatic heterocycles. The van der Waals surface area contributed by atoms with E-state index in [1.165, 1.54) is 33.3 Å². The van der Waals surface area contributed by atoms with Gasteiger partial charge < -0.3 is 14.4 Å². The molecule has 3 heteroatoms. The van der Waals surface area contributed by atoms with Crippen molar-refractivity contribution in [3.63, 3.8) is 0 Å². The van der Waals surface area contributed by atoms with E-state index < -0.39 is 5.60 Å². The Hall–Kier alpha value is -2.10. The zero-order chi connectivity index (χ0) is 18.9. The zero-order valence-electron chi connectivity index (χ0n) is 16.4. The lowest BCUT2D eigenvalue weighted by Crippen LogP contribution is -2.38. The fourth-order valence-corrected chi connectivity index (χ4v) is 4.77. The van der Waals surface area contributed by atoms with E-state index in [0.717, 1.165) is 32.4 Å². The first-order chi connectivity index (χ1) is 13.2. The molecule has 0 bridgehead atoms. The highest BCUT2D eigenvalue weighted by atomic mass is 16.5. The van der Waals surface area contributed by atoms with Gasteiger partial charge in [0.2, 0.25) is 0 Å². The Morgan fingerprint density at radius 1 is 1.07 bits per heavy atom. The lowest BCUT2D eigenvalue weighted by atomic mass is 9.86. The van der Waals surface area contributed by atoms with Gasteiger partial charge in [0.15, 0.2) is 0 Å². The summed E-state index contributed by atoms with van der Waals surface area (Å²) in [6.45, 7) is 6.10. The van der Waals surface area contributed by atoms with E-state index in [1.807, 2.05) is 0 Å². The molecular formula is C24H29NO2. The molecule has 1 aromatic heterocycles. The standard InChI is InChI=1S/C24H29NO2/c1-3-19-11-8-12-20-21-13-16-27-24(4-2,14-15-26)23(21)25(22(19)20)17-18-9-6-5-7-10-18/h5-12,26H,3-4,13-17H2,1-2H3. The Balaban J connectivity index is 2.02. The number of nitrogens with zero attached hydrogens (tertiary/aromatic N) is 1. The second-order valence-electron chi connectivity index (χ2n) is 7.49. The molecule has 2 aromatic carbocycles. The molecule has 0 aliphatic carbocycles. The molecule has 0 fully saturated rings. The van der Waals surface area contributed by atoms with Crippen molar-refractivity contribution in [2.75, 3.05) is 13.2 Å². The van der Waals surface area contributed by atoms with Crippen molar-refractivity contribution in [2.45, 2.75) is 51.7 Å². The molecule has 1 aliphatic rings. The predicted molar refractivity (Wildman–Crippen MR) is 110 cm³/mol. The zero-order valence-corrected chi connectivity index (χ0v) is 16.4. The maximum absolute atomic E-state index is 9.81. The second kappa shape index (κ2) is 7.49. The van der Waals surface area contributed by atoms with Crippen LogP contribution in [0.15, 0.2) is 48.5 Å². The highest BCUT2D eigenvalue weighted by molar-refractivity contribution is 5.89. The number of para-hydroxylation sites is 1. The van der Waals surface area contributed by atoms with Crippen LogP contribution in [0, 0.1) is 0 Å². The van der Waals surface area contributed by atoms with Crippen LogP contribution in [0.3, 0.4) is 0 Å². The normalized spacial score (nSPS) is 19.4. The third-order valence-electron chi connectivity index (χ3n) is 6.08. The minimum absolute atomic E-state index is 0.140. The third kappa shape index (κ3) is 2.99. The van der Waals surface area contributed by atoms with Crippen molar-refractivity contribution in [1.82, 2.24) is 4.57 Å². The van der Waals surface area contributed by atoms with Crippen LogP contribution in [0.2, 0.25) is 0 Å². The molecule has 2 heterocycles. The maximum Gasteiger partial charge on any atom is 0.110 e. The molecule has 3 nitrogen and oxygen atoms in total. The minimum Gasteiger partial charge on any atom is -0.396 e. The number of aromatic nitrogens is 1. The smallest absolute Gasteiger partial charge is 0.110 e. The van der Waals surface area contributed by atoms with E-state index in [9.17, 15) is 5.11 Å². The summed E-state index contributed by atoms with van der Waals surface area (Å²) in [7, 11) is 0. The second-order valence-corrected chi connectivity index (χ2v) is 7.49. The first kappa shape index (κ1) is 18.3. The molecule has 1 atom stereocenters. The Bertz CT molecular complexity index is 928. The highest BCUT2D eigenvalue weighted by Crippen LogP contribution is 2.44. The Kier molecular flexibility index (Phi) is 5.07. The van der Waals surface area contributed by atoms with Crippen molar-refractivity contribution >= 4 is 10.9 Å². The number of hydrogen-bond donors (Lipinski definition) is 1. The molecular weight excluding hydrogens is 334 g/mol. The van der Waals surface area contributed by atoms with Gasteiger partial charge in [-0.05, 0) is 36.0 Å². The van der Waals surface area contributed by atoms with Crippen molar-refractivity contribution in [3.05, 3.63) is 70.9 Å². The average Bonchev–Trinajstić information content (AvgIpc) is 3.04. The van der Waals surface area contributed by atoms with Crippen molar-refractivity contribution < 1.29 is 9.84 Å². The molecule has 0 spiro atoms. The van der Waals surface area contributed by atoms with Gasteiger partial charge in [0, 0.05) is 25.0 Å². The molecule has 1 N–H and O–H groups in total. The van der Waals surface area contributed by atoms with E-state index in [-0.39, 0.29) is 6.61 Å². The fraction of sp³-hybridized carbons (Fsp3) is 0.417. The van der Waals surface area contributed by atoms with Gasteiger partial charge in [-0.3, -0.25) is 0 Å². The quantitative estimate of drug-likeness (QED) is 0.682. The average molecular weight is 364 g/mol. The number of aliphatic hydroxyl groups excluding tert-OH is 1. The van der Waals surface area contributed by atoms with Crippen molar-refractivity contribution in [1.29, 1.82) is 0 Å². The summed E-state index contributed by atoms with van der Waals surface area (Å²) in [6.07, 6.45) is 3.46. The van der Waals surface area contributed by atoms with Gasteiger partial charge in [-0.2, -0.15) is 0 Å². The predicted octanol–water partition coefficient (Wildman–Crippen LogP) is 4.81. The van der Waals surface area contributed by atoms with Gasteiger partial charge in [0.1, 0.15) is 5.60 Å². The summed E-state index contributed by atoms with van der Waals surface area (Å²) in [4.78, 5) is 0. The molecule has 0 amide bonds. The number of hydrogen-bond acceptors (Lipinski definition) is 2. The van der Waals surface area contributed by atoms with Gasteiger partial charge in [-0.1, -0.05) is 62.4 Å². The molecule has 3 aromatic rings. The largest absolute Gasteiger partial charge is 0.396 e. The molecule has 0 saturated carbocycles. The number of benzene rings is 2. The van der Waals surface area contributed by atoms with Gasteiger partial charge >= 0.3 is 0 Å². The Morgan fingerprint density at radius 2 is 1.89 bits per heavy atom. The van der Waals surface area contributed by atoms with Crippen LogP contribution < -0.4 is 0 Å². The summed E-state index contributed by atoms with van der Waals surface area (Å²) < 4.78 is 8.87. The van der Waals surface area contributed by atoms with Crippen LogP contribution in [0.1, 0.15) is 49.1 Å². The maximum atomic E-state index is 9.81. The fourth-order valence-electron chi connectivity index (χ4n) is 4.77. The Labute approximate surface area is 161 Å². The molecule has 1 unspecified atom stereocenters. The van der Waals surface area contributed by atoms with Crippen molar-refractivity contribution in [2.24, 2.45) is 0 Å². The number of fused-ring (bicyclic) bond motifs is 3. The summed E-state index contributed by atoms with van der Waals surface area (Å²) in [5.74, 6) is 0. The number of ether oxygens (including phenoxy) is 1. The van der Waals surface area contributed by atoms with E-state index >= 15 is 0 Å². The molecule has 27 heavy (non-hydrogen) atoms. The molecule has 4 rings (SSSR count). The summed E-state index contributed by atoms with van der Waals surface area (Å²) in [5.41, 5.74) is 6.31. The lowest BCUT2D eigenvalue weighted by Gasteiger charge is -2.38. The van der Waals surface area contributed by atoms with Gasteiger partial charge in [0.05, 0.1) is 17.8 Å². The van der Waals surface area contributed by atoms with Crippen LogP contribution >= 0.6 is 0 Å². The van der Waals surface area contributed by atoms with Crippen LogP contribution in [0.25, 0.3) is 10.9 Å². The van der Waals surface area contributed by atoms with E-state index in [4.69, 9.17) is 4.74 Å². The number of aryl methyl sites for hydroxylation is 1. The molecule has 0 saturated heterocycles. The number of rotatable bonds is 6. The van der Waals surface area contributed by atoms with Crippen molar-refractivity contribution in [3.8, 4) is 0 Å². The summed E-state index contributed by atoms with van der Waals surface area (Å²) >= 11 is 0. The van der Waals surface area contributed by atoms with Gasteiger partial charge in [-0.25, -0.2) is 0 Å². The summed E-state index contributed by atoms with van der Waals surface area (Å²) in [6, 6.07) is 17.3. The van der Waals surface area contributed by atoms with Gasteiger partial charge in [0.25, 0.3) is 0 Å².